The summed E-state index contributed by atoms with van der Waals surface area (Å²) in [4.78, 5) is -2.06. The first-order valence-electron chi connectivity index (χ1n) is 12.0. The molecule has 1 N–H and O–H groups in total. The fraction of sp³-hybridized carbons (Fsp3) is 1.00. The fourth-order valence-electron chi connectivity index (χ4n) is 3.80. The second-order valence-electron chi connectivity index (χ2n) is 8.56. The van der Waals surface area contributed by atoms with Gasteiger partial charge in [-0.1, -0.05) is 117 Å². The van der Waals surface area contributed by atoms with E-state index in [0.717, 1.165) is 44.9 Å². The molecule has 0 amide bonds. The molecule has 0 fully saturated rings. The normalized spacial score (nSPS) is 13.8. The average Bonchev–Trinajstić information content (AvgIpc) is 2.64. The number of rotatable bonds is 21. The molecule has 0 saturated carbocycles. The first-order chi connectivity index (χ1) is 13.4. The summed E-state index contributed by atoms with van der Waals surface area (Å²) in [5, 5.41) is 10.4. The van der Waals surface area contributed by atoms with Crippen molar-refractivity contribution in [3.05, 3.63) is 0 Å². The van der Waals surface area contributed by atoms with Crippen LogP contribution in [0.25, 0.3) is 0 Å². The van der Waals surface area contributed by atoms with E-state index in [1.807, 2.05) is 0 Å². The van der Waals surface area contributed by atoms with Gasteiger partial charge in [0.25, 0.3) is 0 Å². The molecular weight excluding hydrogens is 411 g/mol. The van der Waals surface area contributed by atoms with E-state index in [4.69, 9.17) is 0 Å². The van der Waals surface area contributed by atoms with E-state index in [2.05, 4.69) is 13.8 Å². The van der Waals surface area contributed by atoms with E-state index in [0.29, 0.717) is 12.8 Å². The summed E-state index contributed by atoms with van der Waals surface area (Å²) in [5.74, 6) is 0. The van der Waals surface area contributed by atoms with Crippen LogP contribution in [0.3, 0.4) is 0 Å². The van der Waals surface area contributed by atoms with Gasteiger partial charge in [0.1, 0.15) is 10.1 Å². The van der Waals surface area contributed by atoms with Crippen molar-refractivity contribution in [1.82, 2.24) is 0 Å². The molecule has 0 heterocycles. The van der Waals surface area contributed by atoms with Gasteiger partial charge < -0.3 is 9.66 Å². The third kappa shape index (κ3) is 18.7. The molecule has 0 aromatic heterocycles. The van der Waals surface area contributed by atoms with Crippen LogP contribution >= 0.6 is 0 Å². The zero-order valence-corrected chi connectivity index (χ0v) is 23.7. The van der Waals surface area contributed by atoms with Gasteiger partial charge in [-0.15, -0.1) is 0 Å². The van der Waals surface area contributed by atoms with Gasteiger partial charge in [-0.3, -0.25) is 0 Å². The zero-order chi connectivity index (χ0) is 21.1. The summed E-state index contributed by atoms with van der Waals surface area (Å²) in [6, 6.07) is 0. The first-order valence-corrected chi connectivity index (χ1v) is 13.5. The third-order valence-corrected chi connectivity index (χ3v) is 7.15. The summed E-state index contributed by atoms with van der Waals surface area (Å²) in [6.45, 7) is 4.39. The Morgan fingerprint density at radius 2 is 0.828 bits per heavy atom. The quantitative estimate of drug-likeness (QED) is 0.160. The minimum atomic E-state index is -4.67. The van der Waals surface area contributed by atoms with Crippen molar-refractivity contribution in [3.8, 4) is 0 Å². The van der Waals surface area contributed by atoms with Crippen LogP contribution in [0.5, 0.6) is 0 Å². The molecule has 1 unspecified atom stereocenters. The fourth-order valence-corrected chi connectivity index (χ4v) is 4.59. The zero-order valence-electron chi connectivity index (χ0n) is 19.7. The average molecular weight is 459 g/mol. The van der Waals surface area contributed by atoms with Gasteiger partial charge in [0.2, 0.25) is 0 Å². The van der Waals surface area contributed by atoms with Crippen LogP contribution in [0, 0.1) is 0 Å². The molecule has 29 heavy (non-hydrogen) atoms. The van der Waals surface area contributed by atoms with Crippen molar-refractivity contribution in [2.24, 2.45) is 0 Å². The van der Waals surface area contributed by atoms with Crippen molar-refractivity contribution in [2.45, 2.75) is 147 Å². The molecule has 1 atom stereocenters. The molecule has 0 aliphatic heterocycles. The summed E-state index contributed by atoms with van der Waals surface area (Å²) in [7, 11) is -4.67. The molecule has 0 spiro atoms. The van der Waals surface area contributed by atoms with Crippen molar-refractivity contribution >= 4 is 10.1 Å². The van der Waals surface area contributed by atoms with Gasteiger partial charge in [0.05, 0.1) is 0 Å². The molecule has 6 heteroatoms. The Bertz CT molecular complexity index is 442. The van der Waals surface area contributed by atoms with Crippen molar-refractivity contribution in [1.29, 1.82) is 0 Å². The van der Waals surface area contributed by atoms with E-state index >= 15 is 0 Å². The third-order valence-electron chi connectivity index (χ3n) is 5.81. The maximum Gasteiger partial charge on any atom is 1.00 e. The summed E-state index contributed by atoms with van der Waals surface area (Å²) >= 11 is 0. The second-order valence-corrected chi connectivity index (χ2v) is 10.2. The minimum Gasteiger partial charge on any atom is -0.746 e. The van der Waals surface area contributed by atoms with E-state index in [1.54, 1.807) is 0 Å². The van der Waals surface area contributed by atoms with Crippen LogP contribution in [0.1, 0.15) is 142 Å². The summed E-state index contributed by atoms with van der Waals surface area (Å²) < 4.78 is 34.6. The maximum absolute atomic E-state index is 11.5. The Labute approximate surface area is 224 Å². The van der Waals surface area contributed by atoms with Crippen LogP contribution in [-0.2, 0) is 10.1 Å². The van der Waals surface area contributed by atoms with Gasteiger partial charge in [0.15, 0.2) is 4.93 Å². The van der Waals surface area contributed by atoms with Crippen LogP contribution < -0.4 is 51.4 Å². The molecule has 0 aliphatic carbocycles. The Hall–Kier alpha value is 1.51. The molecule has 0 aromatic carbocycles. The first kappa shape index (κ1) is 32.7. The predicted molar refractivity (Wildman–Crippen MR) is 118 cm³/mol. The topological polar surface area (TPSA) is 77.4 Å². The maximum atomic E-state index is 11.5. The number of hydrogen-bond donors (Lipinski definition) is 1. The van der Waals surface area contributed by atoms with Crippen LogP contribution in [0.2, 0.25) is 0 Å². The van der Waals surface area contributed by atoms with Gasteiger partial charge in [0, 0.05) is 0 Å². The molecule has 0 rings (SSSR count). The van der Waals surface area contributed by atoms with Crippen molar-refractivity contribution < 1.29 is 69.5 Å². The van der Waals surface area contributed by atoms with Crippen molar-refractivity contribution in [2.75, 3.05) is 0 Å². The van der Waals surface area contributed by atoms with Crippen LogP contribution in [0.15, 0.2) is 0 Å². The monoisotopic (exact) mass is 458 g/mol. The van der Waals surface area contributed by atoms with Crippen LogP contribution in [0.4, 0.5) is 0 Å². The van der Waals surface area contributed by atoms with E-state index in [-0.39, 0.29) is 64.2 Å². The molecule has 4 nitrogen and oxygen atoms in total. The molecule has 0 radical (unpaired) electrons. The molecule has 0 saturated heterocycles. The second kappa shape index (κ2) is 21.4. The predicted octanol–water partition coefficient (Wildman–Crippen LogP) is 4.07. The molecular formula is C23H47KO4S. The van der Waals surface area contributed by atoms with E-state index in [1.165, 1.54) is 57.8 Å². The van der Waals surface area contributed by atoms with Gasteiger partial charge in [-0.05, 0) is 25.7 Å². The van der Waals surface area contributed by atoms with Crippen LogP contribution in [-0.4, -0.2) is 23.0 Å². The molecule has 0 bridgehead atoms. The molecule has 170 valence electrons. The summed E-state index contributed by atoms with van der Waals surface area (Å²) in [6.07, 6.45) is 20.5. The standard InChI is InChI=1S/C23H48O4S.K/c1-3-5-7-9-11-12-13-14-15-16-18-20-22-23(24,28(25,26)27)21-19-17-10-8-6-4-2;/h24H,3-22H2,1-2H3,(H,25,26,27);/q;+1/p-1. The van der Waals surface area contributed by atoms with Gasteiger partial charge >= 0.3 is 51.4 Å². The minimum absolute atomic E-state index is 0. The Morgan fingerprint density at radius 1 is 0.586 bits per heavy atom. The Balaban J connectivity index is 0. The van der Waals surface area contributed by atoms with Gasteiger partial charge in [-0.2, -0.15) is 0 Å². The number of unbranched alkanes of at least 4 members (excludes halogenated alkanes) is 16. The number of hydrogen-bond acceptors (Lipinski definition) is 4. The van der Waals surface area contributed by atoms with E-state index < -0.39 is 15.1 Å². The molecule has 0 aliphatic rings. The van der Waals surface area contributed by atoms with E-state index in [9.17, 15) is 18.1 Å². The Kier molecular flexibility index (Phi) is 24.1. The van der Waals surface area contributed by atoms with Crippen molar-refractivity contribution in [3.63, 3.8) is 0 Å². The summed E-state index contributed by atoms with van der Waals surface area (Å²) in [5.41, 5.74) is 0. The number of aliphatic hydroxyl groups is 1. The largest absolute Gasteiger partial charge is 1.00 e. The smallest absolute Gasteiger partial charge is 0.746 e. The van der Waals surface area contributed by atoms with Gasteiger partial charge in [-0.25, -0.2) is 8.42 Å². The Morgan fingerprint density at radius 3 is 1.07 bits per heavy atom. The SMILES string of the molecule is CCCCCCCCCCCCCCC(O)(CCCCCCCC)S(=O)(=O)[O-].[K+]. The molecule has 0 aromatic rings.